The third kappa shape index (κ3) is 3.10. The lowest BCUT2D eigenvalue weighted by molar-refractivity contribution is -0.129. The molecule has 76 valence electrons. The fourth-order valence-electron chi connectivity index (χ4n) is 1.14. The highest BCUT2D eigenvalue weighted by atomic mass is 79.9. The van der Waals surface area contributed by atoms with Gasteiger partial charge in [0.25, 0.3) is 0 Å². The lowest BCUT2D eigenvalue weighted by Gasteiger charge is -2.18. The van der Waals surface area contributed by atoms with Crippen molar-refractivity contribution in [3.63, 3.8) is 0 Å². The summed E-state index contributed by atoms with van der Waals surface area (Å²) < 4.78 is 0. The minimum atomic E-state index is -0.130. The van der Waals surface area contributed by atoms with E-state index in [0.717, 1.165) is 5.56 Å². The fraction of sp³-hybridized carbons (Fsp3) is 0.400. The van der Waals surface area contributed by atoms with Crippen LogP contribution in [-0.4, -0.2) is 27.7 Å². The Morgan fingerprint density at radius 1 is 1.57 bits per heavy atom. The van der Waals surface area contributed by atoms with E-state index in [-0.39, 0.29) is 10.7 Å². The van der Waals surface area contributed by atoms with E-state index in [1.54, 1.807) is 24.3 Å². The molecule has 1 rings (SSSR count). The second-order valence-electron chi connectivity index (χ2n) is 3.17. The molecule has 3 nitrogen and oxygen atoms in total. The Bertz CT molecular complexity index is 300. The molecule has 0 aliphatic carbocycles. The summed E-state index contributed by atoms with van der Waals surface area (Å²) in [5, 5.41) is 0. The van der Waals surface area contributed by atoms with Crippen LogP contribution in [0.3, 0.4) is 0 Å². The van der Waals surface area contributed by atoms with Gasteiger partial charge >= 0.3 is 0 Å². The zero-order chi connectivity index (χ0) is 10.6. The van der Waals surface area contributed by atoms with Gasteiger partial charge in [-0.05, 0) is 24.6 Å². The van der Waals surface area contributed by atoms with E-state index in [0.29, 0.717) is 6.54 Å². The van der Waals surface area contributed by atoms with Gasteiger partial charge in [0.1, 0.15) is 0 Å². The third-order valence-corrected chi connectivity index (χ3v) is 2.28. The number of alkyl halides is 1. The highest BCUT2D eigenvalue weighted by Crippen LogP contribution is 2.06. The number of hydrogen-bond acceptors (Lipinski definition) is 2. The van der Waals surface area contributed by atoms with Crippen molar-refractivity contribution in [3.05, 3.63) is 30.1 Å². The van der Waals surface area contributed by atoms with E-state index in [2.05, 4.69) is 20.9 Å². The van der Waals surface area contributed by atoms with Crippen molar-refractivity contribution in [1.82, 2.24) is 9.88 Å². The van der Waals surface area contributed by atoms with Crippen LogP contribution in [0.25, 0.3) is 0 Å². The van der Waals surface area contributed by atoms with Gasteiger partial charge in [0.2, 0.25) is 5.91 Å². The summed E-state index contributed by atoms with van der Waals surface area (Å²) in [6.07, 6.45) is 3.45. The average Bonchev–Trinajstić information content (AvgIpc) is 2.18. The Kier molecular flexibility index (Phi) is 4.07. The molecule has 4 heteroatoms. The molecule has 1 amide bonds. The maximum atomic E-state index is 11.5. The molecule has 0 bridgehead atoms. The molecule has 0 radical (unpaired) electrons. The van der Waals surface area contributed by atoms with Crippen LogP contribution in [0, 0.1) is 0 Å². The summed E-state index contributed by atoms with van der Waals surface area (Å²) in [7, 11) is 1.79. The molecule has 14 heavy (non-hydrogen) atoms. The van der Waals surface area contributed by atoms with Gasteiger partial charge in [-0.2, -0.15) is 0 Å². The first-order valence-electron chi connectivity index (χ1n) is 4.39. The number of rotatable bonds is 3. The topological polar surface area (TPSA) is 33.2 Å². The number of aromatic nitrogens is 1. The van der Waals surface area contributed by atoms with Crippen molar-refractivity contribution in [3.8, 4) is 0 Å². The highest BCUT2D eigenvalue weighted by Gasteiger charge is 2.13. The number of carbonyl (C=O) groups excluding carboxylic acids is 1. The first kappa shape index (κ1) is 11.2. The molecule has 1 heterocycles. The first-order chi connectivity index (χ1) is 6.61. The normalized spacial score (nSPS) is 12.2. The Morgan fingerprint density at radius 2 is 2.14 bits per heavy atom. The molecule has 0 aliphatic heterocycles. The van der Waals surface area contributed by atoms with Crippen molar-refractivity contribution in [2.75, 3.05) is 7.05 Å². The number of halogens is 1. The minimum absolute atomic E-state index is 0.0850. The smallest absolute Gasteiger partial charge is 0.236 e. The van der Waals surface area contributed by atoms with E-state index >= 15 is 0 Å². The van der Waals surface area contributed by atoms with Gasteiger partial charge < -0.3 is 4.90 Å². The van der Waals surface area contributed by atoms with Crippen molar-refractivity contribution >= 4 is 21.8 Å². The monoisotopic (exact) mass is 256 g/mol. The van der Waals surface area contributed by atoms with Crippen LogP contribution in [0.2, 0.25) is 0 Å². The van der Waals surface area contributed by atoms with E-state index in [4.69, 9.17) is 0 Å². The molecule has 0 fully saturated rings. The van der Waals surface area contributed by atoms with Crippen LogP contribution in [0.4, 0.5) is 0 Å². The summed E-state index contributed by atoms with van der Waals surface area (Å²) in [6.45, 7) is 2.45. The Balaban J connectivity index is 2.57. The van der Waals surface area contributed by atoms with Crippen molar-refractivity contribution in [1.29, 1.82) is 0 Å². The molecule has 0 spiro atoms. The van der Waals surface area contributed by atoms with Crippen LogP contribution in [0.15, 0.2) is 24.5 Å². The SMILES string of the molecule is CC(Br)C(=O)N(C)Cc1ccncc1. The standard InChI is InChI=1S/C10H13BrN2O/c1-8(11)10(14)13(2)7-9-3-5-12-6-4-9/h3-6,8H,7H2,1-2H3. The van der Waals surface area contributed by atoms with Crippen LogP contribution in [-0.2, 0) is 11.3 Å². The predicted octanol–water partition coefficient (Wildman–Crippen LogP) is 1.82. The zero-order valence-electron chi connectivity index (χ0n) is 8.27. The highest BCUT2D eigenvalue weighted by molar-refractivity contribution is 9.10. The van der Waals surface area contributed by atoms with Gasteiger partial charge in [0, 0.05) is 26.0 Å². The van der Waals surface area contributed by atoms with E-state index in [1.165, 1.54) is 0 Å². The number of nitrogens with zero attached hydrogens (tertiary/aromatic N) is 2. The molecule has 1 unspecified atom stereocenters. The van der Waals surface area contributed by atoms with Crippen LogP contribution in [0.1, 0.15) is 12.5 Å². The molecule has 1 aromatic rings. The van der Waals surface area contributed by atoms with Gasteiger partial charge in [0.05, 0.1) is 4.83 Å². The summed E-state index contributed by atoms with van der Waals surface area (Å²) >= 11 is 3.25. The zero-order valence-corrected chi connectivity index (χ0v) is 9.86. The lowest BCUT2D eigenvalue weighted by Crippen LogP contribution is -2.31. The molecular formula is C10H13BrN2O. The molecule has 0 saturated heterocycles. The third-order valence-electron chi connectivity index (χ3n) is 1.89. The maximum Gasteiger partial charge on any atom is 0.236 e. The second-order valence-corrected chi connectivity index (χ2v) is 4.54. The maximum absolute atomic E-state index is 11.5. The lowest BCUT2D eigenvalue weighted by atomic mass is 10.2. The molecule has 0 aliphatic rings. The minimum Gasteiger partial charge on any atom is -0.340 e. The number of hydrogen-bond donors (Lipinski definition) is 0. The van der Waals surface area contributed by atoms with Gasteiger partial charge in [0.15, 0.2) is 0 Å². The van der Waals surface area contributed by atoms with Gasteiger partial charge in [-0.25, -0.2) is 0 Å². The molecule has 1 atom stereocenters. The van der Waals surface area contributed by atoms with Crippen LogP contribution in [0.5, 0.6) is 0 Å². The Labute approximate surface area is 92.3 Å². The second kappa shape index (κ2) is 5.10. The number of carbonyl (C=O) groups is 1. The Hall–Kier alpha value is -0.900. The number of amides is 1. The quantitative estimate of drug-likeness (QED) is 0.774. The van der Waals surface area contributed by atoms with Crippen molar-refractivity contribution in [2.24, 2.45) is 0 Å². The molecular weight excluding hydrogens is 244 g/mol. The van der Waals surface area contributed by atoms with Gasteiger partial charge in [-0.15, -0.1) is 0 Å². The summed E-state index contributed by atoms with van der Waals surface area (Å²) in [5.41, 5.74) is 1.09. The summed E-state index contributed by atoms with van der Waals surface area (Å²) in [6, 6.07) is 3.81. The molecule has 0 saturated carbocycles. The summed E-state index contributed by atoms with van der Waals surface area (Å²) in [5.74, 6) is 0.0850. The first-order valence-corrected chi connectivity index (χ1v) is 5.31. The van der Waals surface area contributed by atoms with Gasteiger partial charge in [-0.3, -0.25) is 9.78 Å². The fourth-order valence-corrected chi connectivity index (χ4v) is 1.49. The van der Waals surface area contributed by atoms with Gasteiger partial charge in [-0.1, -0.05) is 15.9 Å². The average molecular weight is 257 g/mol. The molecule has 1 aromatic heterocycles. The predicted molar refractivity (Wildman–Crippen MR) is 59.1 cm³/mol. The molecule has 0 N–H and O–H groups in total. The molecule has 0 aromatic carbocycles. The Morgan fingerprint density at radius 3 is 2.64 bits per heavy atom. The van der Waals surface area contributed by atoms with E-state index < -0.39 is 0 Å². The van der Waals surface area contributed by atoms with Crippen molar-refractivity contribution < 1.29 is 4.79 Å². The van der Waals surface area contributed by atoms with Crippen LogP contribution < -0.4 is 0 Å². The van der Waals surface area contributed by atoms with Crippen molar-refractivity contribution in [2.45, 2.75) is 18.3 Å². The van der Waals surface area contributed by atoms with E-state index in [9.17, 15) is 4.79 Å². The largest absolute Gasteiger partial charge is 0.340 e. The summed E-state index contributed by atoms with van der Waals surface area (Å²) in [4.78, 5) is 17.0. The number of pyridine rings is 1. The van der Waals surface area contributed by atoms with Crippen LogP contribution >= 0.6 is 15.9 Å². The van der Waals surface area contributed by atoms with E-state index in [1.807, 2.05) is 19.1 Å².